The predicted octanol–water partition coefficient (Wildman–Crippen LogP) is 4.68. The number of carbonyl (C=O) groups is 1. The molecule has 1 atom stereocenters. The fourth-order valence-electron chi connectivity index (χ4n) is 2.94. The summed E-state index contributed by atoms with van der Waals surface area (Å²) in [5, 5.41) is 10.3. The van der Waals surface area contributed by atoms with Crippen LogP contribution in [0.5, 0.6) is 0 Å². The van der Waals surface area contributed by atoms with Crippen LogP contribution in [0.3, 0.4) is 0 Å². The van der Waals surface area contributed by atoms with Crippen molar-refractivity contribution in [3.63, 3.8) is 0 Å². The molecule has 0 aromatic heterocycles. The van der Waals surface area contributed by atoms with E-state index >= 15 is 0 Å². The summed E-state index contributed by atoms with van der Waals surface area (Å²) in [6.07, 6.45) is 0.403. The van der Waals surface area contributed by atoms with E-state index in [4.69, 9.17) is 11.6 Å². The first kappa shape index (κ1) is 15.6. The van der Waals surface area contributed by atoms with Gasteiger partial charge >= 0.3 is 5.97 Å². The maximum Gasteiger partial charge on any atom is 0.311 e. The highest BCUT2D eigenvalue weighted by Crippen LogP contribution is 2.30. The average molecular weight is 303 g/mol. The van der Waals surface area contributed by atoms with Crippen LogP contribution < -0.4 is 0 Å². The van der Waals surface area contributed by atoms with Crippen molar-refractivity contribution in [2.75, 3.05) is 0 Å². The van der Waals surface area contributed by atoms with Gasteiger partial charge in [-0.2, -0.15) is 0 Å². The quantitative estimate of drug-likeness (QED) is 0.890. The molecule has 0 aliphatic carbocycles. The zero-order valence-electron chi connectivity index (χ0n) is 12.5. The molecule has 0 aliphatic heterocycles. The molecule has 0 radical (unpaired) electrons. The lowest BCUT2D eigenvalue weighted by Crippen LogP contribution is -2.17. The monoisotopic (exact) mass is 302 g/mol. The molecule has 2 nitrogen and oxygen atoms in total. The van der Waals surface area contributed by atoms with E-state index in [1.165, 1.54) is 0 Å². The Morgan fingerprint density at radius 3 is 2.24 bits per heavy atom. The normalized spacial score (nSPS) is 12.2. The van der Waals surface area contributed by atoms with Crippen LogP contribution in [0.15, 0.2) is 36.4 Å². The van der Waals surface area contributed by atoms with E-state index in [1.54, 1.807) is 6.07 Å². The van der Waals surface area contributed by atoms with E-state index in [0.717, 1.165) is 27.8 Å². The van der Waals surface area contributed by atoms with Gasteiger partial charge in [-0.25, -0.2) is 0 Å². The second kappa shape index (κ2) is 6.31. The molecule has 2 rings (SSSR count). The highest BCUT2D eigenvalue weighted by atomic mass is 35.5. The second-order valence-electron chi connectivity index (χ2n) is 5.50. The third kappa shape index (κ3) is 3.45. The molecule has 0 saturated heterocycles. The Morgan fingerprint density at radius 2 is 1.71 bits per heavy atom. The molecule has 21 heavy (non-hydrogen) atoms. The highest BCUT2D eigenvalue weighted by Gasteiger charge is 2.24. The number of carboxylic acids is 1. The topological polar surface area (TPSA) is 37.3 Å². The SMILES string of the molecule is Cc1cc(C)c(C(Cc2ccccc2Cl)C(=O)O)c(C)c1. The molecule has 0 heterocycles. The van der Waals surface area contributed by atoms with E-state index in [-0.39, 0.29) is 0 Å². The van der Waals surface area contributed by atoms with Crippen molar-refractivity contribution in [1.82, 2.24) is 0 Å². The van der Waals surface area contributed by atoms with Crippen LogP contribution >= 0.6 is 11.6 Å². The summed E-state index contributed by atoms with van der Waals surface area (Å²) < 4.78 is 0. The van der Waals surface area contributed by atoms with Crippen LogP contribution in [-0.2, 0) is 11.2 Å². The van der Waals surface area contributed by atoms with Gasteiger partial charge in [-0.05, 0) is 55.5 Å². The van der Waals surface area contributed by atoms with Crippen molar-refractivity contribution in [2.24, 2.45) is 0 Å². The molecular formula is C18H19ClO2. The van der Waals surface area contributed by atoms with Crippen molar-refractivity contribution < 1.29 is 9.90 Å². The van der Waals surface area contributed by atoms with Gasteiger partial charge in [0.2, 0.25) is 0 Å². The molecule has 1 unspecified atom stereocenters. The van der Waals surface area contributed by atoms with Gasteiger partial charge in [-0.1, -0.05) is 47.5 Å². The van der Waals surface area contributed by atoms with Crippen LogP contribution in [-0.4, -0.2) is 11.1 Å². The van der Waals surface area contributed by atoms with Crippen molar-refractivity contribution in [1.29, 1.82) is 0 Å². The standard InChI is InChI=1S/C18H19ClO2/c1-11-8-12(2)17(13(3)9-11)15(18(20)21)10-14-6-4-5-7-16(14)19/h4-9,15H,10H2,1-3H3,(H,20,21). The van der Waals surface area contributed by atoms with E-state index in [0.29, 0.717) is 11.4 Å². The van der Waals surface area contributed by atoms with Gasteiger partial charge in [0, 0.05) is 5.02 Å². The number of aliphatic carboxylic acids is 1. The van der Waals surface area contributed by atoms with Crippen molar-refractivity contribution in [2.45, 2.75) is 33.1 Å². The second-order valence-corrected chi connectivity index (χ2v) is 5.91. The Labute approximate surface area is 130 Å². The van der Waals surface area contributed by atoms with Crippen LogP contribution in [0.25, 0.3) is 0 Å². The minimum Gasteiger partial charge on any atom is -0.481 e. The van der Waals surface area contributed by atoms with Gasteiger partial charge < -0.3 is 5.11 Å². The summed E-state index contributed by atoms with van der Waals surface area (Å²) in [5.74, 6) is -1.39. The average Bonchev–Trinajstić information content (AvgIpc) is 2.38. The lowest BCUT2D eigenvalue weighted by molar-refractivity contribution is -0.138. The third-order valence-electron chi connectivity index (χ3n) is 3.77. The maximum atomic E-state index is 11.8. The molecule has 2 aromatic carbocycles. The molecule has 1 N–H and O–H groups in total. The molecule has 0 fully saturated rings. The van der Waals surface area contributed by atoms with Gasteiger partial charge in [0.15, 0.2) is 0 Å². The summed E-state index contributed by atoms with van der Waals surface area (Å²) in [4.78, 5) is 11.8. The van der Waals surface area contributed by atoms with E-state index in [9.17, 15) is 9.90 Å². The first-order chi connectivity index (χ1) is 9.90. The molecule has 3 heteroatoms. The summed E-state index contributed by atoms with van der Waals surface area (Å²) in [5.41, 5.74) is 4.95. The molecule has 0 aliphatic rings. The lowest BCUT2D eigenvalue weighted by atomic mass is 9.85. The molecule has 110 valence electrons. The smallest absolute Gasteiger partial charge is 0.311 e. The number of benzene rings is 2. The molecule has 2 aromatic rings. The van der Waals surface area contributed by atoms with Crippen LogP contribution in [0, 0.1) is 20.8 Å². The Bertz CT molecular complexity index is 654. The van der Waals surface area contributed by atoms with Gasteiger partial charge in [0.25, 0.3) is 0 Å². The maximum absolute atomic E-state index is 11.8. The summed E-state index contributed by atoms with van der Waals surface area (Å²) in [6, 6.07) is 11.5. The Balaban J connectivity index is 2.46. The Kier molecular flexibility index (Phi) is 4.69. The minimum atomic E-state index is -0.815. The minimum absolute atomic E-state index is 0.403. The third-order valence-corrected chi connectivity index (χ3v) is 4.14. The summed E-state index contributed by atoms with van der Waals surface area (Å²) >= 11 is 6.17. The van der Waals surface area contributed by atoms with Crippen LogP contribution in [0.4, 0.5) is 0 Å². The van der Waals surface area contributed by atoms with E-state index in [2.05, 4.69) is 0 Å². The van der Waals surface area contributed by atoms with Crippen LogP contribution in [0.2, 0.25) is 5.02 Å². The zero-order valence-corrected chi connectivity index (χ0v) is 13.2. The number of hydrogen-bond donors (Lipinski definition) is 1. The summed E-state index contributed by atoms with van der Waals surface area (Å²) in [6.45, 7) is 5.96. The van der Waals surface area contributed by atoms with Crippen molar-refractivity contribution in [3.8, 4) is 0 Å². The molecular weight excluding hydrogens is 284 g/mol. The molecule has 0 spiro atoms. The van der Waals surface area contributed by atoms with E-state index in [1.807, 2.05) is 51.1 Å². The van der Waals surface area contributed by atoms with Gasteiger partial charge in [0.05, 0.1) is 5.92 Å². The van der Waals surface area contributed by atoms with Crippen molar-refractivity contribution >= 4 is 17.6 Å². The zero-order chi connectivity index (χ0) is 15.6. The van der Waals surface area contributed by atoms with Crippen molar-refractivity contribution in [3.05, 3.63) is 69.2 Å². The fourth-order valence-corrected chi connectivity index (χ4v) is 3.15. The first-order valence-corrected chi connectivity index (χ1v) is 7.32. The number of halogens is 1. The highest BCUT2D eigenvalue weighted by molar-refractivity contribution is 6.31. The Hall–Kier alpha value is -1.80. The van der Waals surface area contributed by atoms with Gasteiger partial charge in [-0.3, -0.25) is 4.79 Å². The predicted molar refractivity (Wildman–Crippen MR) is 86.2 cm³/mol. The fraction of sp³-hybridized carbons (Fsp3) is 0.278. The first-order valence-electron chi connectivity index (χ1n) is 6.94. The summed E-state index contributed by atoms with van der Waals surface area (Å²) in [7, 11) is 0. The number of carboxylic acid groups (broad SMARTS) is 1. The molecule has 0 amide bonds. The number of hydrogen-bond acceptors (Lipinski definition) is 1. The Morgan fingerprint density at radius 1 is 1.14 bits per heavy atom. The van der Waals surface area contributed by atoms with Gasteiger partial charge in [0.1, 0.15) is 0 Å². The van der Waals surface area contributed by atoms with Crippen LogP contribution in [0.1, 0.15) is 33.7 Å². The molecule has 0 saturated carbocycles. The van der Waals surface area contributed by atoms with E-state index < -0.39 is 11.9 Å². The lowest BCUT2D eigenvalue weighted by Gasteiger charge is -2.19. The number of rotatable bonds is 4. The number of aryl methyl sites for hydroxylation is 3. The van der Waals surface area contributed by atoms with Gasteiger partial charge in [-0.15, -0.1) is 0 Å². The molecule has 0 bridgehead atoms. The largest absolute Gasteiger partial charge is 0.481 e.